The summed E-state index contributed by atoms with van der Waals surface area (Å²) in [5.74, 6) is -9.76. The molecule has 0 spiro atoms. The SMILES string of the molecule is CSCCC(NC(=O)C(F)(F)C(F)(F)F)C(=O)O. The van der Waals surface area contributed by atoms with E-state index in [-0.39, 0.29) is 12.2 Å². The Kier molecular flexibility index (Phi) is 5.84. The molecule has 0 rings (SSSR count). The summed E-state index contributed by atoms with van der Waals surface area (Å²) in [5.41, 5.74) is 0. The lowest BCUT2D eigenvalue weighted by Gasteiger charge is -2.21. The molecule has 4 nitrogen and oxygen atoms in total. The normalized spacial score (nSPS) is 14.1. The predicted molar refractivity (Wildman–Crippen MR) is 53.6 cm³/mol. The molecule has 1 atom stereocenters. The second-order valence-corrected chi connectivity index (χ2v) is 4.20. The zero-order valence-electron chi connectivity index (χ0n) is 9.05. The van der Waals surface area contributed by atoms with E-state index in [1.807, 2.05) is 0 Å². The highest BCUT2D eigenvalue weighted by molar-refractivity contribution is 7.98. The van der Waals surface area contributed by atoms with Gasteiger partial charge in [-0.1, -0.05) is 0 Å². The highest BCUT2D eigenvalue weighted by atomic mass is 32.2. The van der Waals surface area contributed by atoms with Gasteiger partial charge in [0, 0.05) is 0 Å². The van der Waals surface area contributed by atoms with Gasteiger partial charge in [0.15, 0.2) is 0 Å². The molecule has 0 bridgehead atoms. The Morgan fingerprint density at radius 3 is 2.11 bits per heavy atom. The summed E-state index contributed by atoms with van der Waals surface area (Å²) < 4.78 is 60.5. The van der Waals surface area contributed by atoms with E-state index in [2.05, 4.69) is 0 Å². The molecule has 2 N–H and O–H groups in total. The number of amides is 1. The zero-order valence-corrected chi connectivity index (χ0v) is 9.87. The van der Waals surface area contributed by atoms with Crippen LogP contribution < -0.4 is 5.32 Å². The fourth-order valence-electron chi connectivity index (χ4n) is 0.871. The predicted octanol–water partition coefficient (Wildman–Crippen LogP) is 1.51. The number of carboxylic acid groups (broad SMARTS) is 1. The highest BCUT2D eigenvalue weighted by Gasteiger charge is 2.63. The van der Waals surface area contributed by atoms with Crippen LogP contribution in [-0.4, -0.2) is 47.1 Å². The number of nitrogens with one attached hydrogen (secondary N) is 1. The van der Waals surface area contributed by atoms with Crippen LogP contribution in [0.3, 0.4) is 0 Å². The Labute approximate surface area is 103 Å². The Hall–Kier alpha value is -1.06. The number of carboxylic acids is 1. The summed E-state index contributed by atoms with van der Waals surface area (Å²) in [7, 11) is 0. The van der Waals surface area contributed by atoms with E-state index in [1.54, 1.807) is 6.26 Å². The van der Waals surface area contributed by atoms with Crippen LogP contribution in [0.15, 0.2) is 0 Å². The van der Waals surface area contributed by atoms with E-state index in [9.17, 15) is 31.5 Å². The first kappa shape index (κ1) is 16.9. The number of aliphatic carboxylic acids is 1. The Morgan fingerprint density at radius 2 is 1.78 bits per heavy atom. The molecule has 10 heteroatoms. The summed E-state index contributed by atoms with van der Waals surface area (Å²) >= 11 is 1.16. The van der Waals surface area contributed by atoms with Crippen LogP contribution in [0.1, 0.15) is 6.42 Å². The van der Waals surface area contributed by atoms with Crippen molar-refractivity contribution in [1.82, 2.24) is 5.32 Å². The first-order chi connectivity index (χ1) is 8.04. The van der Waals surface area contributed by atoms with Crippen molar-refractivity contribution in [3.8, 4) is 0 Å². The number of halogens is 5. The lowest BCUT2D eigenvalue weighted by atomic mass is 10.2. The molecule has 0 aliphatic heterocycles. The monoisotopic (exact) mass is 295 g/mol. The minimum absolute atomic E-state index is 0.189. The van der Waals surface area contributed by atoms with E-state index >= 15 is 0 Å². The van der Waals surface area contributed by atoms with Gasteiger partial charge >= 0.3 is 24.0 Å². The van der Waals surface area contributed by atoms with Crippen molar-refractivity contribution in [3.05, 3.63) is 0 Å². The molecule has 0 aromatic rings. The van der Waals surface area contributed by atoms with Gasteiger partial charge in [-0.25, -0.2) is 4.79 Å². The van der Waals surface area contributed by atoms with Crippen molar-refractivity contribution in [1.29, 1.82) is 0 Å². The number of alkyl halides is 5. The fraction of sp³-hybridized carbons (Fsp3) is 0.750. The average molecular weight is 295 g/mol. The molecule has 0 saturated heterocycles. The van der Waals surface area contributed by atoms with Crippen molar-refractivity contribution in [2.45, 2.75) is 24.6 Å². The van der Waals surface area contributed by atoms with Crippen molar-refractivity contribution in [3.63, 3.8) is 0 Å². The molecular formula is C8H10F5NO3S. The molecule has 0 radical (unpaired) electrons. The molecule has 0 fully saturated rings. The van der Waals surface area contributed by atoms with Crippen LogP contribution in [0.25, 0.3) is 0 Å². The molecule has 0 saturated carbocycles. The van der Waals surface area contributed by atoms with Gasteiger partial charge in [-0.3, -0.25) is 4.79 Å². The smallest absolute Gasteiger partial charge is 0.463 e. The number of hydrogen-bond donors (Lipinski definition) is 2. The second-order valence-electron chi connectivity index (χ2n) is 3.22. The van der Waals surface area contributed by atoms with Gasteiger partial charge in [-0.2, -0.15) is 33.7 Å². The average Bonchev–Trinajstić information content (AvgIpc) is 2.21. The standard InChI is InChI=1S/C8H10F5NO3S/c1-18-3-2-4(5(15)16)14-6(17)7(9,10)8(11,12)13/h4H,2-3H2,1H3,(H,14,17)(H,15,16). The minimum atomic E-state index is -6.06. The van der Waals surface area contributed by atoms with Crippen molar-refractivity contribution in [2.75, 3.05) is 12.0 Å². The topological polar surface area (TPSA) is 66.4 Å². The van der Waals surface area contributed by atoms with Crippen molar-refractivity contribution >= 4 is 23.6 Å². The van der Waals surface area contributed by atoms with Crippen molar-refractivity contribution < 1.29 is 36.6 Å². The van der Waals surface area contributed by atoms with Crippen LogP contribution in [0, 0.1) is 0 Å². The molecule has 0 aliphatic carbocycles. The first-order valence-electron chi connectivity index (χ1n) is 4.51. The second kappa shape index (κ2) is 6.21. The summed E-state index contributed by atoms with van der Waals surface area (Å²) in [6, 6.07) is -1.78. The number of hydrogen-bond acceptors (Lipinski definition) is 3. The van der Waals surface area contributed by atoms with Crippen LogP contribution in [0.2, 0.25) is 0 Å². The fourth-order valence-corrected chi connectivity index (χ4v) is 1.34. The van der Waals surface area contributed by atoms with E-state index in [4.69, 9.17) is 5.11 Å². The number of carbonyl (C=O) groups excluding carboxylic acids is 1. The molecular weight excluding hydrogens is 285 g/mol. The maximum atomic E-state index is 12.5. The Bertz CT molecular complexity index is 320. The van der Waals surface area contributed by atoms with Gasteiger partial charge in [-0.15, -0.1) is 0 Å². The minimum Gasteiger partial charge on any atom is -0.480 e. The van der Waals surface area contributed by atoms with Gasteiger partial charge in [0.1, 0.15) is 6.04 Å². The van der Waals surface area contributed by atoms with Crippen LogP contribution in [-0.2, 0) is 9.59 Å². The van der Waals surface area contributed by atoms with E-state index in [0.717, 1.165) is 11.8 Å². The Balaban J connectivity index is 4.75. The van der Waals surface area contributed by atoms with E-state index < -0.39 is 30.0 Å². The van der Waals surface area contributed by atoms with Crippen LogP contribution >= 0.6 is 11.8 Å². The number of rotatable bonds is 6. The highest BCUT2D eigenvalue weighted by Crippen LogP contribution is 2.35. The lowest BCUT2D eigenvalue weighted by molar-refractivity contribution is -0.270. The number of thioether (sulfide) groups is 1. The van der Waals surface area contributed by atoms with Crippen LogP contribution in [0.4, 0.5) is 22.0 Å². The summed E-state index contributed by atoms with van der Waals surface area (Å²) in [5, 5.41) is 9.74. The van der Waals surface area contributed by atoms with E-state index in [1.165, 1.54) is 5.32 Å². The summed E-state index contributed by atoms with van der Waals surface area (Å²) in [6.45, 7) is 0. The van der Waals surface area contributed by atoms with Crippen LogP contribution in [0.5, 0.6) is 0 Å². The summed E-state index contributed by atoms with van der Waals surface area (Å²) in [4.78, 5) is 21.3. The van der Waals surface area contributed by atoms with Gasteiger partial charge in [0.05, 0.1) is 0 Å². The maximum absolute atomic E-state index is 12.5. The quantitative estimate of drug-likeness (QED) is 0.729. The Morgan fingerprint density at radius 1 is 1.28 bits per heavy atom. The molecule has 0 aromatic carbocycles. The van der Waals surface area contributed by atoms with Gasteiger partial charge < -0.3 is 10.4 Å². The van der Waals surface area contributed by atoms with Gasteiger partial charge in [0.2, 0.25) is 0 Å². The maximum Gasteiger partial charge on any atom is 0.463 e. The first-order valence-corrected chi connectivity index (χ1v) is 5.90. The molecule has 106 valence electrons. The van der Waals surface area contributed by atoms with E-state index in [0.29, 0.717) is 0 Å². The molecule has 0 aromatic heterocycles. The largest absolute Gasteiger partial charge is 0.480 e. The molecule has 1 unspecified atom stereocenters. The molecule has 18 heavy (non-hydrogen) atoms. The third-order valence-electron chi connectivity index (χ3n) is 1.86. The molecule has 0 aliphatic rings. The van der Waals surface area contributed by atoms with Gasteiger partial charge in [-0.05, 0) is 18.4 Å². The van der Waals surface area contributed by atoms with Crippen molar-refractivity contribution in [2.24, 2.45) is 0 Å². The number of carbonyl (C=O) groups is 2. The summed E-state index contributed by atoms with van der Waals surface area (Å²) in [6.07, 6.45) is -4.72. The lowest BCUT2D eigenvalue weighted by Crippen LogP contribution is -2.54. The molecule has 0 heterocycles. The zero-order chi connectivity index (χ0) is 14.6. The van der Waals surface area contributed by atoms with Gasteiger partial charge in [0.25, 0.3) is 0 Å². The third kappa shape index (κ3) is 4.31. The molecule has 1 amide bonds. The third-order valence-corrected chi connectivity index (χ3v) is 2.50.